The second-order valence-corrected chi connectivity index (χ2v) is 9.10. The fourth-order valence-electron chi connectivity index (χ4n) is 3.36. The Morgan fingerprint density at radius 2 is 1.73 bits per heavy atom. The van der Waals surface area contributed by atoms with Gasteiger partial charge >= 0.3 is 11.8 Å². The Morgan fingerprint density at radius 1 is 1.07 bits per heavy atom. The van der Waals surface area contributed by atoms with Gasteiger partial charge in [-0.1, -0.05) is 35.9 Å². The molecular formula is C21H24FN3O4S. The number of amides is 2. The van der Waals surface area contributed by atoms with Gasteiger partial charge in [0.1, 0.15) is 5.82 Å². The van der Waals surface area contributed by atoms with E-state index in [1.807, 2.05) is 6.92 Å². The predicted octanol–water partition coefficient (Wildman–Crippen LogP) is 1.72. The molecule has 3 rings (SSSR count). The number of nitrogens with zero attached hydrogens (tertiary/aromatic N) is 1. The Kier molecular flexibility index (Phi) is 6.84. The molecule has 1 aliphatic rings. The quantitative estimate of drug-likeness (QED) is 0.678. The van der Waals surface area contributed by atoms with Crippen LogP contribution in [0.3, 0.4) is 0 Å². The first-order valence-electron chi connectivity index (χ1n) is 9.67. The van der Waals surface area contributed by atoms with E-state index in [9.17, 15) is 22.4 Å². The van der Waals surface area contributed by atoms with Gasteiger partial charge in [0.15, 0.2) is 0 Å². The molecule has 0 saturated carbocycles. The summed E-state index contributed by atoms with van der Waals surface area (Å²) in [5.74, 6) is -2.25. The van der Waals surface area contributed by atoms with Gasteiger partial charge in [-0.2, -0.15) is 4.31 Å². The standard InChI is InChI=1S/C21H24FN3O4S/c1-15-8-10-18(11-9-15)30(28,29)25-12-4-6-17(25)14-24-21(27)20(26)23-13-16-5-2-3-7-19(16)22/h2-3,5,7-11,17H,4,6,12-14H2,1H3,(H,23,26)(H,24,27)/t17-/m1/s1. The molecule has 0 unspecified atom stereocenters. The van der Waals surface area contributed by atoms with Crippen molar-refractivity contribution in [1.82, 2.24) is 14.9 Å². The molecule has 9 heteroatoms. The average molecular weight is 434 g/mol. The van der Waals surface area contributed by atoms with E-state index in [0.717, 1.165) is 5.56 Å². The average Bonchev–Trinajstić information content (AvgIpc) is 3.21. The molecule has 2 amide bonds. The molecule has 1 aliphatic heterocycles. The highest BCUT2D eigenvalue weighted by Crippen LogP contribution is 2.25. The fraction of sp³-hybridized carbons (Fsp3) is 0.333. The zero-order valence-electron chi connectivity index (χ0n) is 16.6. The lowest BCUT2D eigenvalue weighted by atomic mass is 10.2. The Morgan fingerprint density at radius 3 is 2.43 bits per heavy atom. The van der Waals surface area contributed by atoms with Gasteiger partial charge in [-0.25, -0.2) is 12.8 Å². The van der Waals surface area contributed by atoms with Crippen LogP contribution in [0.1, 0.15) is 24.0 Å². The molecule has 7 nitrogen and oxygen atoms in total. The highest BCUT2D eigenvalue weighted by atomic mass is 32.2. The van der Waals surface area contributed by atoms with Crippen LogP contribution < -0.4 is 10.6 Å². The van der Waals surface area contributed by atoms with E-state index < -0.39 is 33.7 Å². The minimum Gasteiger partial charge on any atom is -0.346 e. The van der Waals surface area contributed by atoms with Gasteiger partial charge in [-0.05, 0) is 38.0 Å². The van der Waals surface area contributed by atoms with E-state index in [4.69, 9.17) is 0 Å². The molecule has 30 heavy (non-hydrogen) atoms. The molecule has 1 heterocycles. The molecule has 2 aromatic rings. The second-order valence-electron chi connectivity index (χ2n) is 7.21. The van der Waals surface area contributed by atoms with E-state index in [2.05, 4.69) is 10.6 Å². The van der Waals surface area contributed by atoms with Gasteiger partial charge in [0.25, 0.3) is 0 Å². The molecule has 2 aromatic carbocycles. The van der Waals surface area contributed by atoms with Crippen molar-refractivity contribution in [2.24, 2.45) is 0 Å². The largest absolute Gasteiger partial charge is 0.346 e. The van der Waals surface area contributed by atoms with Gasteiger partial charge in [0, 0.05) is 31.2 Å². The lowest BCUT2D eigenvalue weighted by Gasteiger charge is -2.24. The van der Waals surface area contributed by atoms with Crippen molar-refractivity contribution in [1.29, 1.82) is 0 Å². The zero-order valence-corrected chi connectivity index (χ0v) is 17.4. The molecule has 0 bridgehead atoms. The number of hydrogen-bond donors (Lipinski definition) is 2. The minimum absolute atomic E-state index is 0.0248. The third-order valence-electron chi connectivity index (χ3n) is 5.05. The van der Waals surface area contributed by atoms with E-state index >= 15 is 0 Å². The lowest BCUT2D eigenvalue weighted by molar-refractivity contribution is -0.139. The molecular weight excluding hydrogens is 409 g/mol. The number of benzene rings is 2. The van der Waals surface area contributed by atoms with Gasteiger partial charge in [-0.3, -0.25) is 9.59 Å². The summed E-state index contributed by atoms with van der Waals surface area (Å²) < 4.78 is 40.8. The van der Waals surface area contributed by atoms with E-state index in [1.165, 1.54) is 22.5 Å². The first kappa shape index (κ1) is 21.9. The van der Waals surface area contributed by atoms with Crippen molar-refractivity contribution in [3.8, 4) is 0 Å². The van der Waals surface area contributed by atoms with Crippen molar-refractivity contribution in [2.75, 3.05) is 13.1 Å². The molecule has 0 aromatic heterocycles. The highest BCUT2D eigenvalue weighted by molar-refractivity contribution is 7.89. The third kappa shape index (κ3) is 5.03. The zero-order chi connectivity index (χ0) is 21.7. The molecule has 0 radical (unpaired) electrons. The summed E-state index contributed by atoms with van der Waals surface area (Å²) in [4.78, 5) is 24.3. The van der Waals surface area contributed by atoms with Crippen molar-refractivity contribution < 1.29 is 22.4 Å². The Balaban J connectivity index is 1.56. The summed E-state index contributed by atoms with van der Waals surface area (Å²) in [6.45, 7) is 2.14. The normalized spacial score (nSPS) is 16.9. The predicted molar refractivity (Wildman–Crippen MR) is 109 cm³/mol. The first-order chi connectivity index (χ1) is 14.3. The maximum atomic E-state index is 13.6. The van der Waals surface area contributed by atoms with Crippen LogP contribution >= 0.6 is 0 Å². The Bertz CT molecular complexity index is 1020. The lowest BCUT2D eigenvalue weighted by Crippen LogP contribution is -2.46. The van der Waals surface area contributed by atoms with Crippen LogP contribution in [0.4, 0.5) is 4.39 Å². The summed E-state index contributed by atoms with van der Waals surface area (Å²) in [7, 11) is -3.68. The summed E-state index contributed by atoms with van der Waals surface area (Å²) in [6.07, 6.45) is 1.26. The molecule has 2 N–H and O–H groups in total. The monoisotopic (exact) mass is 433 g/mol. The summed E-state index contributed by atoms with van der Waals surface area (Å²) >= 11 is 0. The van der Waals surface area contributed by atoms with Gasteiger partial charge in [0.05, 0.1) is 4.90 Å². The molecule has 0 aliphatic carbocycles. The Hall–Kier alpha value is -2.78. The highest BCUT2D eigenvalue weighted by Gasteiger charge is 2.35. The van der Waals surface area contributed by atoms with Crippen molar-refractivity contribution in [3.63, 3.8) is 0 Å². The van der Waals surface area contributed by atoms with Crippen LogP contribution in [0.15, 0.2) is 53.4 Å². The third-order valence-corrected chi connectivity index (χ3v) is 7.02. The van der Waals surface area contributed by atoms with Crippen molar-refractivity contribution >= 4 is 21.8 Å². The Labute approximate surface area is 175 Å². The topological polar surface area (TPSA) is 95.6 Å². The molecule has 1 atom stereocenters. The maximum absolute atomic E-state index is 13.6. The fourth-order valence-corrected chi connectivity index (χ4v) is 5.06. The number of carbonyl (C=O) groups is 2. The van der Waals surface area contributed by atoms with Crippen molar-refractivity contribution in [3.05, 3.63) is 65.5 Å². The number of halogens is 1. The first-order valence-corrected chi connectivity index (χ1v) is 11.1. The smallest absolute Gasteiger partial charge is 0.309 e. The minimum atomic E-state index is -3.68. The molecule has 160 valence electrons. The van der Waals surface area contributed by atoms with Crippen molar-refractivity contribution in [2.45, 2.75) is 37.2 Å². The van der Waals surface area contributed by atoms with Gasteiger partial charge < -0.3 is 10.6 Å². The summed E-state index contributed by atoms with van der Waals surface area (Å²) in [6, 6.07) is 12.1. The van der Waals surface area contributed by atoms with Crippen LogP contribution in [0.2, 0.25) is 0 Å². The van der Waals surface area contributed by atoms with Crippen LogP contribution in [-0.2, 0) is 26.2 Å². The van der Waals surface area contributed by atoms with Crippen LogP contribution in [0.25, 0.3) is 0 Å². The maximum Gasteiger partial charge on any atom is 0.309 e. The number of aryl methyl sites for hydroxylation is 1. The number of rotatable bonds is 6. The summed E-state index contributed by atoms with van der Waals surface area (Å²) in [5.41, 5.74) is 1.23. The van der Waals surface area contributed by atoms with Crippen LogP contribution in [0, 0.1) is 12.7 Å². The molecule has 0 spiro atoms. The van der Waals surface area contributed by atoms with Crippen LogP contribution in [0.5, 0.6) is 0 Å². The number of carbonyl (C=O) groups excluding carboxylic acids is 2. The number of nitrogens with one attached hydrogen (secondary N) is 2. The molecule has 1 saturated heterocycles. The summed E-state index contributed by atoms with van der Waals surface area (Å²) in [5, 5.41) is 4.85. The van der Waals surface area contributed by atoms with Crippen LogP contribution in [-0.4, -0.2) is 43.7 Å². The van der Waals surface area contributed by atoms with Gasteiger partial charge in [0.2, 0.25) is 10.0 Å². The second kappa shape index (κ2) is 9.36. The number of hydrogen-bond acceptors (Lipinski definition) is 4. The van der Waals surface area contributed by atoms with E-state index in [1.54, 1.807) is 30.3 Å². The van der Waals surface area contributed by atoms with E-state index in [0.29, 0.717) is 19.4 Å². The molecule has 1 fully saturated rings. The van der Waals surface area contributed by atoms with E-state index in [-0.39, 0.29) is 23.5 Å². The van der Waals surface area contributed by atoms with Gasteiger partial charge in [-0.15, -0.1) is 0 Å². The SMILES string of the molecule is Cc1ccc(S(=O)(=O)N2CCC[C@@H]2CNC(=O)C(=O)NCc2ccccc2F)cc1. The number of sulfonamides is 1.